The maximum absolute atomic E-state index is 2.56. The van der Waals surface area contributed by atoms with Gasteiger partial charge in [0.25, 0.3) is 0 Å². The lowest BCUT2D eigenvalue weighted by atomic mass is 10.1. The van der Waals surface area contributed by atoms with Gasteiger partial charge in [0.05, 0.1) is 0 Å². The molecule has 1 aliphatic rings. The first-order valence-electron chi connectivity index (χ1n) is 5.09. The Morgan fingerprint density at radius 3 is 2.67 bits per heavy atom. The van der Waals surface area contributed by atoms with Gasteiger partial charge in [-0.1, -0.05) is 6.92 Å². The number of rotatable bonds is 4. The lowest BCUT2D eigenvalue weighted by Crippen LogP contribution is -2.21. The Morgan fingerprint density at radius 1 is 1.42 bits per heavy atom. The molecule has 0 aliphatic carbocycles. The van der Waals surface area contributed by atoms with E-state index in [9.17, 15) is 0 Å². The second-order valence-corrected chi connectivity index (χ2v) is 4.14. The van der Waals surface area contributed by atoms with E-state index in [4.69, 9.17) is 0 Å². The minimum absolute atomic E-state index is 0.965. The average molecular weight is 170 g/mol. The van der Waals surface area contributed by atoms with E-state index in [2.05, 4.69) is 30.8 Å². The SMILES string of the molecule is CCN1CCC(CCN(C)C)C1. The van der Waals surface area contributed by atoms with Crippen LogP contribution in [-0.4, -0.2) is 50.1 Å². The fourth-order valence-electron chi connectivity index (χ4n) is 1.88. The summed E-state index contributed by atoms with van der Waals surface area (Å²) in [5, 5.41) is 0. The number of likely N-dealkylation sites (tertiary alicyclic amines) is 1. The number of hydrogen-bond donors (Lipinski definition) is 0. The van der Waals surface area contributed by atoms with Crippen LogP contribution < -0.4 is 0 Å². The van der Waals surface area contributed by atoms with Crippen molar-refractivity contribution in [2.75, 3.05) is 40.3 Å². The van der Waals surface area contributed by atoms with Crippen molar-refractivity contribution in [3.8, 4) is 0 Å². The van der Waals surface area contributed by atoms with E-state index < -0.39 is 0 Å². The molecule has 0 bridgehead atoms. The Kier molecular flexibility index (Phi) is 4.02. The van der Waals surface area contributed by atoms with E-state index >= 15 is 0 Å². The van der Waals surface area contributed by atoms with Crippen molar-refractivity contribution in [2.24, 2.45) is 5.92 Å². The fourth-order valence-corrected chi connectivity index (χ4v) is 1.88. The minimum atomic E-state index is 0.965. The fraction of sp³-hybridized carbons (Fsp3) is 1.00. The monoisotopic (exact) mass is 170 g/mol. The van der Waals surface area contributed by atoms with Crippen molar-refractivity contribution in [3.05, 3.63) is 0 Å². The molecule has 2 nitrogen and oxygen atoms in total. The zero-order valence-electron chi connectivity index (χ0n) is 8.71. The third kappa shape index (κ3) is 3.11. The quantitative estimate of drug-likeness (QED) is 0.627. The van der Waals surface area contributed by atoms with E-state index in [0.29, 0.717) is 0 Å². The molecule has 0 aromatic heterocycles. The van der Waals surface area contributed by atoms with Gasteiger partial charge in [-0.2, -0.15) is 0 Å². The van der Waals surface area contributed by atoms with Crippen LogP contribution in [0.1, 0.15) is 19.8 Å². The molecule has 0 N–H and O–H groups in total. The van der Waals surface area contributed by atoms with Crippen LogP contribution in [0.5, 0.6) is 0 Å². The highest BCUT2D eigenvalue weighted by Crippen LogP contribution is 2.18. The molecule has 1 unspecified atom stereocenters. The Bertz CT molecular complexity index is 123. The summed E-state index contributed by atoms with van der Waals surface area (Å²) < 4.78 is 0. The van der Waals surface area contributed by atoms with Crippen molar-refractivity contribution < 1.29 is 0 Å². The van der Waals surface area contributed by atoms with Gasteiger partial charge in [-0.25, -0.2) is 0 Å². The molecule has 1 heterocycles. The summed E-state index contributed by atoms with van der Waals surface area (Å²) in [5.41, 5.74) is 0. The smallest absolute Gasteiger partial charge is 0.00105 e. The first-order valence-corrected chi connectivity index (χ1v) is 5.09. The van der Waals surface area contributed by atoms with Crippen molar-refractivity contribution in [1.29, 1.82) is 0 Å². The highest BCUT2D eigenvalue weighted by molar-refractivity contribution is 4.74. The molecule has 2 heteroatoms. The number of hydrogen-bond acceptors (Lipinski definition) is 2. The molecule has 0 aromatic carbocycles. The van der Waals surface area contributed by atoms with Crippen LogP contribution in [0.3, 0.4) is 0 Å². The summed E-state index contributed by atoms with van der Waals surface area (Å²) in [7, 11) is 4.32. The largest absolute Gasteiger partial charge is 0.309 e. The topological polar surface area (TPSA) is 6.48 Å². The van der Waals surface area contributed by atoms with Crippen molar-refractivity contribution in [1.82, 2.24) is 9.80 Å². The molecule has 0 aromatic rings. The molecular weight excluding hydrogens is 148 g/mol. The van der Waals surface area contributed by atoms with Gasteiger partial charge in [0.15, 0.2) is 0 Å². The molecule has 0 radical (unpaired) electrons. The highest BCUT2D eigenvalue weighted by Gasteiger charge is 2.20. The van der Waals surface area contributed by atoms with E-state index in [-0.39, 0.29) is 0 Å². The summed E-state index contributed by atoms with van der Waals surface area (Å²) in [6, 6.07) is 0. The van der Waals surface area contributed by atoms with Crippen LogP contribution >= 0.6 is 0 Å². The number of nitrogens with zero attached hydrogens (tertiary/aromatic N) is 2. The predicted octanol–water partition coefficient (Wildman–Crippen LogP) is 1.28. The van der Waals surface area contributed by atoms with Gasteiger partial charge in [0.1, 0.15) is 0 Å². The molecule has 0 spiro atoms. The van der Waals surface area contributed by atoms with E-state index in [1.807, 2.05) is 0 Å². The molecule has 1 fully saturated rings. The van der Waals surface area contributed by atoms with Gasteiger partial charge in [-0.3, -0.25) is 0 Å². The zero-order valence-corrected chi connectivity index (χ0v) is 8.71. The van der Waals surface area contributed by atoms with E-state index in [1.165, 1.54) is 39.0 Å². The van der Waals surface area contributed by atoms with Gasteiger partial charge >= 0.3 is 0 Å². The van der Waals surface area contributed by atoms with Crippen LogP contribution in [0.4, 0.5) is 0 Å². The lowest BCUT2D eigenvalue weighted by Gasteiger charge is -2.15. The Balaban J connectivity index is 2.11. The molecule has 0 saturated carbocycles. The Hall–Kier alpha value is -0.0800. The third-order valence-corrected chi connectivity index (χ3v) is 2.80. The molecule has 1 atom stereocenters. The maximum Gasteiger partial charge on any atom is 0.00105 e. The maximum atomic E-state index is 2.56. The van der Waals surface area contributed by atoms with Crippen LogP contribution in [0, 0.1) is 5.92 Å². The molecule has 0 amide bonds. The first kappa shape index (κ1) is 10.0. The standard InChI is InChI=1S/C10H22N2/c1-4-12-8-6-10(9-12)5-7-11(2)3/h10H,4-9H2,1-3H3. The van der Waals surface area contributed by atoms with Gasteiger partial charge in [0, 0.05) is 6.54 Å². The molecule has 72 valence electrons. The van der Waals surface area contributed by atoms with Crippen LogP contribution in [-0.2, 0) is 0 Å². The molecule has 1 aliphatic heterocycles. The summed E-state index contributed by atoms with van der Waals surface area (Å²) in [4.78, 5) is 4.84. The molecule has 12 heavy (non-hydrogen) atoms. The Labute approximate surface area is 76.5 Å². The minimum Gasteiger partial charge on any atom is -0.309 e. The van der Waals surface area contributed by atoms with Crippen molar-refractivity contribution in [3.63, 3.8) is 0 Å². The second kappa shape index (κ2) is 4.83. The highest BCUT2D eigenvalue weighted by atomic mass is 15.1. The van der Waals surface area contributed by atoms with E-state index in [1.54, 1.807) is 0 Å². The Morgan fingerprint density at radius 2 is 2.17 bits per heavy atom. The second-order valence-electron chi connectivity index (χ2n) is 4.14. The zero-order chi connectivity index (χ0) is 8.97. The first-order chi connectivity index (χ1) is 5.72. The predicted molar refractivity (Wildman–Crippen MR) is 53.4 cm³/mol. The van der Waals surface area contributed by atoms with Gasteiger partial charge < -0.3 is 9.80 Å². The van der Waals surface area contributed by atoms with Crippen molar-refractivity contribution >= 4 is 0 Å². The van der Waals surface area contributed by atoms with Crippen LogP contribution in [0.25, 0.3) is 0 Å². The van der Waals surface area contributed by atoms with Crippen LogP contribution in [0.2, 0.25) is 0 Å². The van der Waals surface area contributed by atoms with Gasteiger partial charge in [0.2, 0.25) is 0 Å². The third-order valence-electron chi connectivity index (χ3n) is 2.80. The summed E-state index contributed by atoms with van der Waals surface area (Å²) >= 11 is 0. The lowest BCUT2D eigenvalue weighted by molar-refractivity contribution is 0.317. The average Bonchev–Trinajstić information content (AvgIpc) is 2.48. The molecule has 1 rings (SSSR count). The summed E-state index contributed by atoms with van der Waals surface area (Å²) in [5.74, 6) is 0.965. The van der Waals surface area contributed by atoms with E-state index in [0.717, 1.165) is 5.92 Å². The summed E-state index contributed by atoms with van der Waals surface area (Å²) in [6.45, 7) is 7.41. The molecule has 1 saturated heterocycles. The molecular formula is C10H22N2. The van der Waals surface area contributed by atoms with Crippen LogP contribution in [0.15, 0.2) is 0 Å². The normalized spacial score (nSPS) is 25.5. The van der Waals surface area contributed by atoms with Gasteiger partial charge in [-0.15, -0.1) is 0 Å². The van der Waals surface area contributed by atoms with Crippen molar-refractivity contribution in [2.45, 2.75) is 19.8 Å². The van der Waals surface area contributed by atoms with Gasteiger partial charge in [-0.05, 0) is 52.5 Å². The summed E-state index contributed by atoms with van der Waals surface area (Å²) in [6.07, 6.45) is 2.80.